The van der Waals surface area contributed by atoms with E-state index in [1.54, 1.807) is 71.3 Å². The van der Waals surface area contributed by atoms with Crippen molar-refractivity contribution in [2.75, 3.05) is 5.75 Å². The summed E-state index contributed by atoms with van der Waals surface area (Å²) in [6.07, 6.45) is 0.941. The molecule has 1 N–H and O–H groups in total. The molecule has 202 valence electrons. The number of nitrogens with one attached hydrogen (secondary N) is 1. The molecule has 0 aliphatic carbocycles. The number of ketones is 1. The first-order chi connectivity index (χ1) is 17.7. The molecule has 38 heavy (non-hydrogen) atoms. The van der Waals surface area contributed by atoms with Crippen LogP contribution in [0.15, 0.2) is 59.5 Å². The number of hydrogen-bond acceptors (Lipinski definition) is 6. The third-order valence-electron chi connectivity index (χ3n) is 5.90. The number of carbonyl (C=O) groups is 2. The molecule has 0 spiro atoms. The molecule has 3 aromatic rings. The predicted octanol–water partition coefficient (Wildman–Crippen LogP) is 4.55. The van der Waals surface area contributed by atoms with E-state index in [1.807, 2.05) is 19.1 Å². The van der Waals surface area contributed by atoms with Crippen LogP contribution in [0.25, 0.3) is 11.1 Å². The van der Waals surface area contributed by atoms with E-state index in [2.05, 4.69) is 5.32 Å². The zero-order chi connectivity index (χ0) is 28.3. The van der Waals surface area contributed by atoms with E-state index in [0.29, 0.717) is 33.4 Å². The summed E-state index contributed by atoms with van der Waals surface area (Å²) in [7, 11) is -1.75. The average molecular weight is 539 g/mol. The van der Waals surface area contributed by atoms with Crippen LogP contribution in [0.5, 0.6) is 0 Å². The first-order valence-electron chi connectivity index (χ1n) is 12.3. The van der Waals surface area contributed by atoms with Gasteiger partial charge in [0.05, 0.1) is 5.75 Å². The lowest BCUT2D eigenvalue weighted by Crippen LogP contribution is -2.32. The van der Waals surface area contributed by atoms with Crippen LogP contribution >= 0.6 is 0 Å². The van der Waals surface area contributed by atoms with Gasteiger partial charge in [-0.2, -0.15) is 0 Å². The highest BCUT2D eigenvalue weighted by molar-refractivity contribution is 7.90. The molecule has 1 amide bonds. The molecule has 1 aromatic heterocycles. The number of sulfone groups is 1. The molecule has 0 unspecified atom stereocenters. The summed E-state index contributed by atoms with van der Waals surface area (Å²) in [5.74, 6) is -0.450. The van der Waals surface area contributed by atoms with Gasteiger partial charge in [-0.05, 0) is 50.5 Å². The van der Waals surface area contributed by atoms with Crippen molar-refractivity contribution in [1.29, 1.82) is 0 Å². The Morgan fingerprint density at radius 1 is 1.00 bits per heavy atom. The summed E-state index contributed by atoms with van der Waals surface area (Å²) in [4.78, 5) is 38.5. The van der Waals surface area contributed by atoms with Crippen molar-refractivity contribution in [3.05, 3.63) is 92.9 Å². The normalized spacial score (nSPS) is 11.7. The van der Waals surface area contributed by atoms with Crippen LogP contribution in [0.1, 0.15) is 60.3 Å². The maximum absolute atomic E-state index is 13.6. The van der Waals surface area contributed by atoms with Crippen molar-refractivity contribution in [3.8, 4) is 11.1 Å². The lowest BCUT2D eigenvalue weighted by atomic mass is 9.90. The third kappa shape index (κ3) is 7.41. The number of alkyl carbamates (subject to hydrolysis) is 1. The number of rotatable bonds is 8. The summed E-state index contributed by atoms with van der Waals surface area (Å²) in [5.41, 5.74) is 2.81. The van der Waals surface area contributed by atoms with Crippen molar-refractivity contribution in [1.82, 2.24) is 9.88 Å². The Morgan fingerprint density at radius 2 is 1.66 bits per heavy atom. The zero-order valence-corrected chi connectivity index (χ0v) is 23.4. The summed E-state index contributed by atoms with van der Waals surface area (Å²) >= 11 is 0. The second kappa shape index (κ2) is 11.3. The van der Waals surface area contributed by atoms with E-state index >= 15 is 0 Å². The number of aryl methyl sites for hydroxylation is 2. The number of carbonyl (C=O) groups excluding carboxylic acids is 2. The van der Waals surface area contributed by atoms with Crippen LogP contribution in [0.4, 0.5) is 4.79 Å². The van der Waals surface area contributed by atoms with Crippen molar-refractivity contribution >= 4 is 21.7 Å². The molecule has 8 nitrogen and oxygen atoms in total. The van der Waals surface area contributed by atoms with Crippen molar-refractivity contribution < 1.29 is 22.7 Å². The molecule has 3 rings (SSSR count). The smallest absolute Gasteiger partial charge is 0.407 e. The Morgan fingerprint density at radius 3 is 2.26 bits per heavy atom. The first-order valence-corrected chi connectivity index (χ1v) is 14.1. The predicted molar refractivity (Wildman–Crippen MR) is 148 cm³/mol. The summed E-state index contributed by atoms with van der Waals surface area (Å²) < 4.78 is 31.4. The highest BCUT2D eigenvalue weighted by atomic mass is 32.2. The number of nitrogens with zero attached hydrogens (tertiary/aromatic N) is 1. The molecule has 0 radical (unpaired) electrons. The number of pyridine rings is 1. The van der Waals surface area contributed by atoms with Crippen LogP contribution in [0.2, 0.25) is 0 Å². The molecule has 0 saturated carbocycles. The Hall–Kier alpha value is -3.72. The quantitative estimate of drug-likeness (QED) is 0.421. The van der Waals surface area contributed by atoms with E-state index in [4.69, 9.17) is 4.74 Å². The van der Waals surface area contributed by atoms with Gasteiger partial charge in [0.2, 0.25) is 0 Å². The lowest BCUT2D eigenvalue weighted by molar-refractivity contribution is 0.0523. The Balaban J connectivity index is 2.17. The minimum atomic E-state index is -3.34. The maximum atomic E-state index is 13.6. The molecular formula is C29H34N2O6S. The topological polar surface area (TPSA) is 112 Å². The molecule has 9 heteroatoms. The second-order valence-electron chi connectivity index (χ2n) is 10.3. The largest absolute Gasteiger partial charge is 0.444 e. The van der Waals surface area contributed by atoms with Gasteiger partial charge in [-0.25, -0.2) is 13.2 Å². The zero-order valence-electron chi connectivity index (χ0n) is 22.6. The van der Waals surface area contributed by atoms with Gasteiger partial charge in [-0.1, -0.05) is 48.9 Å². The molecule has 0 bridgehead atoms. The van der Waals surface area contributed by atoms with Crippen molar-refractivity contribution in [3.63, 3.8) is 0 Å². The monoisotopic (exact) mass is 538 g/mol. The number of aromatic nitrogens is 1. The minimum absolute atomic E-state index is 0.0166. The first kappa shape index (κ1) is 28.8. The second-order valence-corrected chi connectivity index (χ2v) is 12.6. The van der Waals surface area contributed by atoms with Gasteiger partial charge in [0.25, 0.3) is 5.56 Å². The fourth-order valence-corrected chi connectivity index (χ4v) is 4.75. The van der Waals surface area contributed by atoms with E-state index in [9.17, 15) is 22.8 Å². The van der Waals surface area contributed by atoms with E-state index < -0.39 is 21.5 Å². The molecule has 0 saturated heterocycles. The van der Waals surface area contributed by atoms with Gasteiger partial charge in [0, 0.05) is 48.3 Å². The molecule has 1 heterocycles. The number of amides is 1. The SMILES string of the molecule is CCS(=O)(=O)Cc1ccc(C(=O)c2ccc(C)cc2)c(-c2cn(C)c(=O)cc2CNC(=O)OC(C)(C)C)c1. The molecular weight excluding hydrogens is 504 g/mol. The number of benzene rings is 2. The van der Waals surface area contributed by atoms with E-state index in [-0.39, 0.29) is 29.4 Å². The van der Waals surface area contributed by atoms with Gasteiger partial charge in [-0.15, -0.1) is 0 Å². The van der Waals surface area contributed by atoms with Gasteiger partial charge < -0.3 is 14.6 Å². The van der Waals surface area contributed by atoms with E-state index in [1.165, 1.54) is 10.6 Å². The van der Waals surface area contributed by atoms with E-state index in [0.717, 1.165) is 5.56 Å². The molecule has 0 fully saturated rings. The highest BCUT2D eigenvalue weighted by Gasteiger charge is 2.21. The van der Waals surface area contributed by atoms with Crippen LogP contribution in [-0.4, -0.2) is 36.2 Å². The fourth-order valence-electron chi connectivity index (χ4n) is 3.86. The van der Waals surface area contributed by atoms with Crippen LogP contribution < -0.4 is 10.9 Å². The maximum Gasteiger partial charge on any atom is 0.407 e. The van der Waals surface area contributed by atoms with Crippen LogP contribution in [-0.2, 0) is 33.9 Å². The van der Waals surface area contributed by atoms with Crippen molar-refractivity contribution in [2.45, 2.75) is 52.5 Å². The molecule has 0 aliphatic heterocycles. The summed E-state index contributed by atoms with van der Waals surface area (Å²) in [5, 5.41) is 2.67. The highest BCUT2D eigenvalue weighted by Crippen LogP contribution is 2.30. The Bertz CT molecular complexity index is 1510. The Labute approximate surface area is 223 Å². The minimum Gasteiger partial charge on any atom is -0.444 e. The third-order valence-corrected chi connectivity index (χ3v) is 7.55. The van der Waals surface area contributed by atoms with Crippen LogP contribution in [0, 0.1) is 6.92 Å². The van der Waals surface area contributed by atoms with Gasteiger partial charge >= 0.3 is 6.09 Å². The van der Waals surface area contributed by atoms with Crippen molar-refractivity contribution in [2.24, 2.45) is 7.05 Å². The number of hydrogen-bond donors (Lipinski definition) is 1. The fraction of sp³-hybridized carbons (Fsp3) is 0.345. The number of ether oxygens (including phenoxy) is 1. The molecule has 0 atom stereocenters. The summed E-state index contributed by atoms with van der Waals surface area (Å²) in [6, 6.07) is 13.5. The lowest BCUT2D eigenvalue weighted by Gasteiger charge is -2.20. The summed E-state index contributed by atoms with van der Waals surface area (Å²) in [6.45, 7) is 8.71. The molecule has 2 aromatic carbocycles. The van der Waals surface area contributed by atoms with Gasteiger partial charge in [0.15, 0.2) is 15.6 Å². The van der Waals surface area contributed by atoms with Gasteiger partial charge in [-0.3, -0.25) is 9.59 Å². The van der Waals surface area contributed by atoms with Gasteiger partial charge in [0.1, 0.15) is 5.60 Å². The van der Waals surface area contributed by atoms with Crippen LogP contribution in [0.3, 0.4) is 0 Å². The average Bonchev–Trinajstić information content (AvgIpc) is 2.83. The standard InChI is InChI=1S/C29H34N2O6S/c1-7-38(35,36)18-20-10-13-23(27(33)21-11-8-19(2)9-12-21)24(14-20)25-17-31(6)26(32)15-22(25)16-30-28(34)37-29(3,4)5/h8-15,17H,7,16,18H2,1-6H3,(H,30,34). The Kier molecular flexibility index (Phi) is 8.61. The molecule has 0 aliphatic rings.